The molecule has 2 heterocycles. The van der Waals surface area contributed by atoms with Gasteiger partial charge in [0, 0.05) is 32.3 Å². The summed E-state index contributed by atoms with van der Waals surface area (Å²) in [4.78, 5) is 13.1. The number of amides is 1. The van der Waals surface area contributed by atoms with Gasteiger partial charge in [-0.15, -0.1) is 12.4 Å². The van der Waals surface area contributed by atoms with E-state index < -0.39 is 5.41 Å². The van der Waals surface area contributed by atoms with Gasteiger partial charge in [-0.05, 0) is 44.3 Å². The number of hydrogen-bond acceptors (Lipinski definition) is 4. The lowest BCUT2D eigenvalue weighted by atomic mass is 9.73. The molecule has 0 atom stereocenters. The second kappa shape index (κ2) is 9.70. The maximum Gasteiger partial charge on any atom is 0.228 e. The largest absolute Gasteiger partial charge is 0.384 e. The summed E-state index contributed by atoms with van der Waals surface area (Å²) in [7, 11) is 1.68. The molecule has 2 aliphatic rings. The summed E-state index contributed by atoms with van der Waals surface area (Å²) < 4.78 is 11.0. The highest BCUT2D eigenvalue weighted by Gasteiger charge is 2.41. The molecule has 1 aromatic rings. The van der Waals surface area contributed by atoms with Crippen molar-refractivity contribution in [1.29, 1.82) is 0 Å². The van der Waals surface area contributed by atoms with Crippen LogP contribution in [-0.4, -0.2) is 52.5 Å². The SMILES string of the molecule is COCC1(C(=O)NCC2(c3ccccc3)CCOCC2)CCNCC1.Cl. The van der Waals surface area contributed by atoms with Crippen molar-refractivity contribution >= 4 is 18.3 Å². The van der Waals surface area contributed by atoms with Gasteiger partial charge in [0.2, 0.25) is 5.91 Å². The summed E-state index contributed by atoms with van der Waals surface area (Å²) >= 11 is 0. The second-order valence-corrected chi connectivity index (χ2v) is 7.40. The number of carbonyl (C=O) groups is 1. The number of nitrogens with one attached hydrogen (secondary N) is 2. The Morgan fingerprint density at radius 2 is 1.81 bits per heavy atom. The lowest BCUT2D eigenvalue weighted by Crippen LogP contribution is -2.53. The van der Waals surface area contributed by atoms with E-state index in [1.54, 1.807) is 7.11 Å². The topological polar surface area (TPSA) is 59.6 Å². The fraction of sp³-hybridized carbons (Fsp3) is 0.650. The average molecular weight is 383 g/mol. The lowest BCUT2D eigenvalue weighted by molar-refractivity contribution is -0.136. The highest BCUT2D eigenvalue weighted by Crippen LogP contribution is 2.35. The molecular weight excluding hydrogens is 352 g/mol. The van der Waals surface area contributed by atoms with Crippen LogP contribution in [-0.2, 0) is 19.7 Å². The van der Waals surface area contributed by atoms with Crippen LogP contribution >= 0.6 is 12.4 Å². The molecule has 146 valence electrons. The monoisotopic (exact) mass is 382 g/mol. The van der Waals surface area contributed by atoms with Crippen LogP contribution in [0.4, 0.5) is 0 Å². The van der Waals surface area contributed by atoms with Crippen LogP contribution in [0.25, 0.3) is 0 Å². The first kappa shape index (κ1) is 21.2. The van der Waals surface area contributed by atoms with Crippen molar-refractivity contribution in [1.82, 2.24) is 10.6 Å². The number of piperidine rings is 1. The maximum absolute atomic E-state index is 13.1. The third kappa shape index (κ3) is 4.58. The first-order valence-electron chi connectivity index (χ1n) is 9.32. The van der Waals surface area contributed by atoms with Gasteiger partial charge in [0.25, 0.3) is 0 Å². The molecule has 2 aliphatic heterocycles. The third-order valence-electron chi connectivity index (χ3n) is 5.89. The number of halogens is 1. The zero-order valence-electron chi connectivity index (χ0n) is 15.6. The fourth-order valence-electron chi connectivity index (χ4n) is 4.18. The Bertz CT molecular complexity index is 550. The van der Waals surface area contributed by atoms with Crippen molar-refractivity contribution in [2.45, 2.75) is 31.1 Å². The van der Waals surface area contributed by atoms with Crippen molar-refractivity contribution in [2.75, 3.05) is 46.6 Å². The van der Waals surface area contributed by atoms with E-state index in [0.717, 1.165) is 52.0 Å². The molecule has 3 rings (SSSR count). The van der Waals surface area contributed by atoms with Crippen LogP contribution in [0.3, 0.4) is 0 Å². The van der Waals surface area contributed by atoms with Crippen LogP contribution in [0.1, 0.15) is 31.2 Å². The minimum absolute atomic E-state index is 0. The molecule has 1 amide bonds. The molecule has 5 nitrogen and oxygen atoms in total. The molecule has 0 saturated carbocycles. The summed E-state index contributed by atoms with van der Waals surface area (Å²) in [5, 5.41) is 6.62. The van der Waals surface area contributed by atoms with Crippen LogP contribution in [0.15, 0.2) is 30.3 Å². The third-order valence-corrected chi connectivity index (χ3v) is 5.89. The van der Waals surface area contributed by atoms with Crippen LogP contribution in [0.5, 0.6) is 0 Å². The standard InChI is InChI=1S/C20H30N2O3.ClH/c1-24-16-20(7-11-21-12-8-20)18(23)22-15-19(9-13-25-14-10-19)17-5-3-2-4-6-17;/h2-6,21H,7-16H2,1H3,(H,22,23);1H. The van der Waals surface area contributed by atoms with E-state index in [1.165, 1.54) is 5.56 Å². The Kier molecular flexibility index (Phi) is 7.89. The van der Waals surface area contributed by atoms with Crippen molar-refractivity contribution in [3.63, 3.8) is 0 Å². The highest BCUT2D eigenvalue weighted by molar-refractivity contribution is 5.85. The van der Waals surface area contributed by atoms with E-state index in [-0.39, 0.29) is 23.7 Å². The average Bonchev–Trinajstić information content (AvgIpc) is 2.68. The Balaban J connectivity index is 0.00000243. The van der Waals surface area contributed by atoms with Crippen LogP contribution in [0, 0.1) is 5.41 Å². The van der Waals surface area contributed by atoms with E-state index in [2.05, 4.69) is 34.9 Å². The molecule has 6 heteroatoms. The molecule has 0 aliphatic carbocycles. The minimum Gasteiger partial charge on any atom is -0.384 e. The Hall–Kier alpha value is -1.14. The quantitative estimate of drug-likeness (QED) is 0.792. The van der Waals surface area contributed by atoms with Crippen molar-refractivity contribution < 1.29 is 14.3 Å². The fourth-order valence-corrected chi connectivity index (χ4v) is 4.18. The summed E-state index contributed by atoms with van der Waals surface area (Å²) in [5.74, 6) is 0.137. The van der Waals surface area contributed by atoms with Gasteiger partial charge in [0.1, 0.15) is 0 Å². The van der Waals surface area contributed by atoms with E-state index in [4.69, 9.17) is 9.47 Å². The van der Waals surface area contributed by atoms with Gasteiger partial charge in [-0.1, -0.05) is 30.3 Å². The number of methoxy groups -OCH3 is 1. The molecule has 0 spiro atoms. The van der Waals surface area contributed by atoms with Gasteiger partial charge >= 0.3 is 0 Å². The molecule has 2 saturated heterocycles. The van der Waals surface area contributed by atoms with Gasteiger partial charge in [0.15, 0.2) is 0 Å². The molecule has 26 heavy (non-hydrogen) atoms. The van der Waals surface area contributed by atoms with Crippen LogP contribution in [0.2, 0.25) is 0 Å². The van der Waals surface area contributed by atoms with E-state index >= 15 is 0 Å². The molecule has 2 N–H and O–H groups in total. The minimum atomic E-state index is -0.400. The molecule has 0 aromatic heterocycles. The zero-order chi connectivity index (χ0) is 17.6. The predicted molar refractivity (Wildman–Crippen MR) is 105 cm³/mol. The molecule has 1 aromatic carbocycles. The summed E-state index contributed by atoms with van der Waals surface area (Å²) in [6, 6.07) is 10.5. The summed E-state index contributed by atoms with van der Waals surface area (Å²) in [5.41, 5.74) is 0.865. The Morgan fingerprint density at radius 3 is 2.42 bits per heavy atom. The van der Waals surface area contributed by atoms with Crippen molar-refractivity contribution in [2.24, 2.45) is 5.41 Å². The normalized spacial score (nSPS) is 21.4. The number of benzene rings is 1. The Morgan fingerprint density at radius 1 is 1.15 bits per heavy atom. The Labute approximate surface area is 162 Å². The lowest BCUT2D eigenvalue weighted by Gasteiger charge is -2.40. The number of hydrogen-bond donors (Lipinski definition) is 2. The molecule has 0 unspecified atom stereocenters. The smallest absolute Gasteiger partial charge is 0.228 e. The molecule has 0 radical (unpaired) electrons. The number of carbonyl (C=O) groups excluding carboxylic acids is 1. The van der Waals surface area contributed by atoms with E-state index in [1.807, 2.05) is 6.07 Å². The van der Waals surface area contributed by atoms with E-state index in [9.17, 15) is 4.79 Å². The number of rotatable bonds is 6. The van der Waals surface area contributed by atoms with Gasteiger partial charge in [-0.3, -0.25) is 4.79 Å². The van der Waals surface area contributed by atoms with Crippen molar-refractivity contribution in [3.8, 4) is 0 Å². The first-order valence-corrected chi connectivity index (χ1v) is 9.32. The maximum atomic E-state index is 13.1. The molecular formula is C20H31ClN2O3. The van der Waals surface area contributed by atoms with E-state index in [0.29, 0.717) is 13.2 Å². The summed E-state index contributed by atoms with van der Waals surface area (Å²) in [6.45, 7) is 4.39. The molecule has 2 fully saturated rings. The van der Waals surface area contributed by atoms with Crippen LogP contribution < -0.4 is 10.6 Å². The zero-order valence-corrected chi connectivity index (χ0v) is 16.4. The summed E-state index contributed by atoms with van der Waals surface area (Å²) in [6.07, 6.45) is 3.54. The van der Waals surface area contributed by atoms with Gasteiger partial charge in [-0.25, -0.2) is 0 Å². The van der Waals surface area contributed by atoms with Gasteiger partial charge in [-0.2, -0.15) is 0 Å². The highest BCUT2D eigenvalue weighted by atomic mass is 35.5. The number of ether oxygens (including phenoxy) is 2. The van der Waals surface area contributed by atoms with Gasteiger partial charge < -0.3 is 20.1 Å². The van der Waals surface area contributed by atoms with Crippen molar-refractivity contribution in [3.05, 3.63) is 35.9 Å². The first-order chi connectivity index (χ1) is 12.2. The predicted octanol–water partition coefficient (Wildman–Crippen LogP) is 2.29. The van der Waals surface area contributed by atoms with Gasteiger partial charge in [0.05, 0.1) is 12.0 Å². The molecule has 0 bridgehead atoms. The second-order valence-electron chi connectivity index (χ2n) is 7.40.